The topological polar surface area (TPSA) is 103 Å². The predicted molar refractivity (Wildman–Crippen MR) is 124 cm³/mol. The lowest BCUT2D eigenvalue weighted by Crippen LogP contribution is -2.47. The molecule has 0 saturated heterocycles. The van der Waals surface area contributed by atoms with Crippen molar-refractivity contribution in [2.24, 2.45) is 23.2 Å². The first kappa shape index (κ1) is 21.2. The largest absolute Gasteiger partial charge is 0.480 e. The highest BCUT2D eigenvalue weighted by Gasteiger charge is 2.51. The quantitative estimate of drug-likeness (QED) is 0.444. The van der Waals surface area contributed by atoms with Crippen LogP contribution in [0.15, 0.2) is 30.3 Å². The monoisotopic (exact) mass is 435 g/mol. The van der Waals surface area contributed by atoms with E-state index >= 15 is 0 Å². The lowest BCUT2D eigenvalue weighted by Gasteiger charge is -2.56. The van der Waals surface area contributed by atoms with Crippen LogP contribution in [0.4, 0.5) is 11.5 Å². The molecular formula is C25H31N4O3. The van der Waals surface area contributed by atoms with Crippen LogP contribution in [-0.2, 0) is 9.59 Å². The van der Waals surface area contributed by atoms with Gasteiger partial charge in [-0.2, -0.15) is 0 Å². The van der Waals surface area contributed by atoms with E-state index in [1.807, 2.05) is 30.3 Å². The number of aliphatic carboxylic acids is 1. The second-order valence-electron chi connectivity index (χ2n) is 10.1. The number of carbonyl (C=O) groups excluding carboxylic acids is 1. The van der Waals surface area contributed by atoms with Gasteiger partial charge in [0.05, 0.1) is 11.2 Å². The SMILES string of the molecule is O=C(O)[CH]NCCNc1ccc2c(NC(=O)CC34CC5CC(CC(C5)C3)C4)cccc2n1. The van der Waals surface area contributed by atoms with E-state index in [4.69, 9.17) is 5.11 Å². The van der Waals surface area contributed by atoms with Gasteiger partial charge in [0.15, 0.2) is 0 Å². The highest BCUT2D eigenvalue weighted by molar-refractivity contribution is 6.01. The van der Waals surface area contributed by atoms with Crippen molar-refractivity contribution >= 4 is 34.3 Å². The van der Waals surface area contributed by atoms with Crippen LogP contribution in [-0.4, -0.2) is 35.1 Å². The molecule has 4 N–H and O–H groups in total. The van der Waals surface area contributed by atoms with Gasteiger partial charge in [-0.15, -0.1) is 0 Å². The molecule has 1 aromatic heterocycles. The molecule has 4 bridgehead atoms. The molecule has 4 fully saturated rings. The molecule has 4 saturated carbocycles. The van der Waals surface area contributed by atoms with E-state index in [9.17, 15) is 9.59 Å². The van der Waals surface area contributed by atoms with Crippen molar-refractivity contribution in [2.45, 2.75) is 44.9 Å². The Balaban J connectivity index is 1.21. The van der Waals surface area contributed by atoms with Crippen molar-refractivity contribution in [1.29, 1.82) is 0 Å². The van der Waals surface area contributed by atoms with Crippen molar-refractivity contribution in [3.8, 4) is 0 Å². The number of aromatic nitrogens is 1. The summed E-state index contributed by atoms with van der Waals surface area (Å²) in [5.74, 6) is 2.39. The summed E-state index contributed by atoms with van der Waals surface area (Å²) < 4.78 is 0. The molecule has 0 atom stereocenters. The molecule has 0 aliphatic heterocycles. The molecule has 6 rings (SSSR count). The van der Waals surface area contributed by atoms with Crippen molar-refractivity contribution < 1.29 is 14.7 Å². The van der Waals surface area contributed by atoms with Crippen LogP contribution in [0.1, 0.15) is 44.9 Å². The molecule has 7 nitrogen and oxygen atoms in total. The summed E-state index contributed by atoms with van der Waals surface area (Å²) in [6.07, 6.45) is 8.51. The van der Waals surface area contributed by atoms with Crippen LogP contribution in [0.3, 0.4) is 0 Å². The third kappa shape index (κ3) is 4.58. The molecule has 0 unspecified atom stereocenters. The van der Waals surface area contributed by atoms with E-state index in [1.54, 1.807) is 0 Å². The van der Waals surface area contributed by atoms with Crippen molar-refractivity contribution in [3.63, 3.8) is 0 Å². The number of carbonyl (C=O) groups is 2. The molecule has 32 heavy (non-hydrogen) atoms. The summed E-state index contributed by atoms with van der Waals surface area (Å²) in [4.78, 5) is 28.2. The van der Waals surface area contributed by atoms with E-state index < -0.39 is 5.97 Å². The van der Waals surface area contributed by atoms with E-state index in [0.717, 1.165) is 40.9 Å². The molecular weight excluding hydrogens is 404 g/mol. The maximum atomic E-state index is 13.1. The van der Waals surface area contributed by atoms with Gasteiger partial charge >= 0.3 is 5.97 Å². The Morgan fingerprint density at radius 3 is 2.44 bits per heavy atom. The van der Waals surface area contributed by atoms with Crippen LogP contribution in [0.2, 0.25) is 0 Å². The number of hydrogen-bond donors (Lipinski definition) is 4. The fourth-order valence-electron chi connectivity index (χ4n) is 6.83. The summed E-state index contributed by atoms with van der Waals surface area (Å²) in [6, 6.07) is 9.66. The highest BCUT2D eigenvalue weighted by Crippen LogP contribution is 2.61. The molecule has 1 amide bonds. The van der Waals surface area contributed by atoms with Gasteiger partial charge in [0.2, 0.25) is 5.91 Å². The van der Waals surface area contributed by atoms with Gasteiger partial charge in [-0.05, 0) is 86.0 Å². The number of carboxylic acids is 1. The Bertz CT molecular complexity index is 986. The Morgan fingerprint density at radius 1 is 1.03 bits per heavy atom. The van der Waals surface area contributed by atoms with Crippen molar-refractivity contribution in [2.75, 3.05) is 23.7 Å². The van der Waals surface area contributed by atoms with Crippen LogP contribution in [0, 0.1) is 29.7 Å². The number of pyridine rings is 1. The van der Waals surface area contributed by atoms with Gasteiger partial charge in [0.1, 0.15) is 12.4 Å². The van der Waals surface area contributed by atoms with Gasteiger partial charge in [-0.3, -0.25) is 9.59 Å². The Labute approximate surface area is 188 Å². The van der Waals surface area contributed by atoms with Crippen molar-refractivity contribution in [3.05, 3.63) is 36.9 Å². The molecule has 0 spiro atoms. The van der Waals surface area contributed by atoms with E-state index in [-0.39, 0.29) is 11.3 Å². The van der Waals surface area contributed by atoms with Gasteiger partial charge in [-0.1, -0.05) is 6.07 Å². The minimum atomic E-state index is -0.994. The standard InChI is InChI=1S/C25H31N4O3/c30-23(14-25-11-16-8-17(12-25)10-18(9-16)13-25)29-21-3-1-2-20-19(21)4-5-22(28-20)27-7-6-26-15-24(31)32/h1-5,15-18,26H,6-14H2,(H,27,28)(H,29,30)(H,31,32). The molecule has 1 aromatic carbocycles. The number of anilines is 2. The lowest BCUT2D eigenvalue weighted by atomic mass is 9.49. The number of benzene rings is 1. The summed E-state index contributed by atoms with van der Waals surface area (Å²) in [7, 11) is 0. The third-order valence-electron chi connectivity index (χ3n) is 7.51. The van der Waals surface area contributed by atoms with Crippen LogP contribution in [0.5, 0.6) is 0 Å². The van der Waals surface area contributed by atoms with Crippen LogP contribution < -0.4 is 16.0 Å². The predicted octanol–water partition coefficient (Wildman–Crippen LogP) is 4.03. The maximum absolute atomic E-state index is 13.1. The summed E-state index contributed by atoms with van der Waals surface area (Å²) in [5, 5.41) is 18.6. The van der Waals surface area contributed by atoms with Gasteiger partial charge in [-0.25, -0.2) is 4.98 Å². The number of nitrogens with one attached hydrogen (secondary N) is 3. The zero-order chi connectivity index (χ0) is 22.1. The smallest absolute Gasteiger partial charge is 0.322 e. The van der Waals surface area contributed by atoms with E-state index in [0.29, 0.717) is 25.3 Å². The minimum absolute atomic E-state index is 0.127. The molecule has 7 heteroatoms. The maximum Gasteiger partial charge on any atom is 0.322 e. The normalized spacial score (nSPS) is 28.1. The molecule has 4 aliphatic rings. The average Bonchev–Trinajstić information content (AvgIpc) is 2.72. The number of carboxylic acid groups (broad SMARTS) is 1. The lowest BCUT2D eigenvalue weighted by molar-refractivity contribution is -0.133. The first-order valence-electron chi connectivity index (χ1n) is 11.7. The highest BCUT2D eigenvalue weighted by atomic mass is 16.4. The second-order valence-corrected chi connectivity index (χ2v) is 10.1. The molecule has 1 radical (unpaired) electrons. The Morgan fingerprint density at radius 2 is 1.75 bits per heavy atom. The summed E-state index contributed by atoms with van der Waals surface area (Å²) >= 11 is 0. The number of nitrogens with zero attached hydrogens (tertiary/aromatic N) is 1. The number of rotatable bonds is 9. The average molecular weight is 436 g/mol. The second kappa shape index (κ2) is 8.70. The first-order valence-corrected chi connectivity index (χ1v) is 11.7. The van der Waals surface area contributed by atoms with Gasteiger partial charge < -0.3 is 21.1 Å². The van der Waals surface area contributed by atoms with Gasteiger partial charge in [0, 0.05) is 24.9 Å². The molecule has 2 aromatic rings. The Kier molecular flexibility index (Phi) is 5.76. The first-order chi connectivity index (χ1) is 15.5. The van der Waals surface area contributed by atoms with Crippen LogP contribution in [0.25, 0.3) is 10.9 Å². The third-order valence-corrected chi connectivity index (χ3v) is 7.51. The fraction of sp³-hybridized carbons (Fsp3) is 0.520. The van der Waals surface area contributed by atoms with E-state index in [2.05, 4.69) is 20.9 Å². The number of hydrogen-bond acceptors (Lipinski definition) is 5. The number of amides is 1. The summed E-state index contributed by atoms with van der Waals surface area (Å²) in [5.41, 5.74) is 1.85. The van der Waals surface area contributed by atoms with E-state index in [1.165, 1.54) is 38.5 Å². The zero-order valence-corrected chi connectivity index (χ0v) is 18.3. The summed E-state index contributed by atoms with van der Waals surface area (Å²) in [6.45, 7) is 2.05. The Hall–Kier alpha value is -2.67. The molecule has 1 heterocycles. The van der Waals surface area contributed by atoms with Gasteiger partial charge in [0.25, 0.3) is 0 Å². The minimum Gasteiger partial charge on any atom is -0.480 e. The van der Waals surface area contributed by atoms with Crippen molar-refractivity contribution in [1.82, 2.24) is 10.3 Å². The zero-order valence-electron chi connectivity index (χ0n) is 18.3. The number of fused-ring (bicyclic) bond motifs is 1. The van der Waals surface area contributed by atoms with Crippen LogP contribution >= 0.6 is 0 Å². The fourth-order valence-corrected chi connectivity index (χ4v) is 6.83. The molecule has 4 aliphatic carbocycles. The molecule has 169 valence electrons.